The van der Waals surface area contributed by atoms with E-state index < -0.39 is 0 Å². The fourth-order valence-corrected chi connectivity index (χ4v) is 4.28. The van der Waals surface area contributed by atoms with Crippen molar-refractivity contribution in [1.82, 2.24) is 4.90 Å². The van der Waals surface area contributed by atoms with Crippen LogP contribution in [-0.2, 0) is 6.54 Å². The van der Waals surface area contributed by atoms with E-state index in [1.54, 1.807) is 0 Å². The van der Waals surface area contributed by atoms with Crippen LogP contribution in [0.3, 0.4) is 0 Å². The highest BCUT2D eigenvalue weighted by atomic mass is 35.5. The molecule has 0 bridgehead atoms. The van der Waals surface area contributed by atoms with Crippen molar-refractivity contribution in [1.29, 1.82) is 0 Å². The van der Waals surface area contributed by atoms with Gasteiger partial charge in [0.2, 0.25) is 0 Å². The van der Waals surface area contributed by atoms with Crippen molar-refractivity contribution in [2.24, 2.45) is 5.73 Å². The van der Waals surface area contributed by atoms with Gasteiger partial charge in [-0.15, -0.1) is 24.8 Å². The van der Waals surface area contributed by atoms with Gasteiger partial charge in [0.15, 0.2) is 5.09 Å². The summed E-state index contributed by atoms with van der Waals surface area (Å²) in [5.74, 6) is 1.09. The Morgan fingerprint density at radius 3 is 2.57 bits per heavy atom. The summed E-state index contributed by atoms with van der Waals surface area (Å²) in [4.78, 5) is 2.39. The van der Waals surface area contributed by atoms with Gasteiger partial charge in [-0.05, 0) is 31.4 Å². The van der Waals surface area contributed by atoms with Gasteiger partial charge in [-0.3, -0.25) is 4.90 Å². The molecule has 122 valence electrons. The van der Waals surface area contributed by atoms with Crippen molar-refractivity contribution < 1.29 is 4.42 Å². The highest BCUT2D eigenvalue weighted by molar-refractivity contribution is 7.99. The fourth-order valence-electron chi connectivity index (χ4n) is 3.08. The molecule has 1 atom stereocenters. The molecule has 1 saturated heterocycles. The van der Waals surface area contributed by atoms with Crippen LogP contribution in [0.25, 0.3) is 0 Å². The first-order chi connectivity index (χ1) is 9.29. The maximum atomic E-state index is 5.96. The van der Waals surface area contributed by atoms with Crippen LogP contribution in [0.1, 0.15) is 44.3 Å². The average molecular weight is 353 g/mol. The second-order valence-electron chi connectivity index (χ2n) is 5.88. The molecule has 6 heteroatoms. The molecule has 1 aliphatic heterocycles. The first-order valence-electron chi connectivity index (χ1n) is 7.53. The molecule has 0 amide bonds. The van der Waals surface area contributed by atoms with E-state index in [1.807, 2.05) is 11.8 Å². The van der Waals surface area contributed by atoms with E-state index in [1.165, 1.54) is 32.1 Å². The fraction of sp³-hybridized carbons (Fsp3) is 0.733. The van der Waals surface area contributed by atoms with Crippen LogP contribution >= 0.6 is 36.6 Å². The zero-order valence-electron chi connectivity index (χ0n) is 12.3. The van der Waals surface area contributed by atoms with Gasteiger partial charge >= 0.3 is 0 Å². The van der Waals surface area contributed by atoms with Gasteiger partial charge in [-0.2, -0.15) is 0 Å². The Balaban J connectivity index is 0.00000110. The number of hydrogen-bond donors (Lipinski definition) is 1. The molecule has 1 aromatic heterocycles. The monoisotopic (exact) mass is 352 g/mol. The summed E-state index contributed by atoms with van der Waals surface area (Å²) in [5, 5.41) is 1.87. The Kier molecular flexibility index (Phi) is 8.50. The van der Waals surface area contributed by atoms with E-state index in [0.717, 1.165) is 42.2 Å². The van der Waals surface area contributed by atoms with Gasteiger partial charge < -0.3 is 10.2 Å². The van der Waals surface area contributed by atoms with Crippen molar-refractivity contribution in [2.75, 3.05) is 13.1 Å². The minimum atomic E-state index is 0. The summed E-state index contributed by atoms with van der Waals surface area (Å²) >= 11 is 1.93. The summed E-state index contributed by atoms with van der Waals surface area (Å²) in [6.07, 6.45) is 8.00. The third-order valence-corrected chi connectivity index (χ3v) is 5.42. The van der Waals surface area contributed by atoms with Crippen LogP contribution in [0.2, 0.25) is 0 Å². The Bertz CT molecular complexity index is 389. The summed E-state index contributed by atoms with van der Waals surface area (Å²) in [6, 6.07) is 4.63. The maximum absolute atomic E-state index is 5.96. The molecule has 2 fully saturated rings. The predicted octanol–water partition coefficient (Wildman–Crippen LogP) is 4.08. The lowest BCUT2D eigenvalue weighted by Crippen LogP contribution is -2.26. The van der Waals surface area contributed by atoms with Gasteiger partial charge in [0.1, 0.15) is 5.76 Å². The van der Waals surface area contributed by atoms with E-state index in [2.05, 4.69) is 17.0 Å². The lowest BCUT2D eigenvalue weighted by molar-refractivity contribution is 0.282. The first-order valence-corrected chi connectivity index (χ1v) is 8.41. The van der Waals surface area contributed by atoms with Crippen molar-refractivity contribution in [3.05, 3.63) is 17.9 Å². The van der Waals surface area contributed by atoms with Crippen molar-refractivity contribution in [3.63, 3.8) is 0 Å². The van der Waals surface area contributed by atoms with E-state index >= 15 is 0 Å². The number of hydrogen-bond acceptors (Lipinski definition) is 4. The largest absolute Gasteiger partial charge is 0.454 e. The van der Waals surface area contributed by atoms with E-state index in [-0.39, 0.29) is 24.8 Å². The van der Waals surface area contributed by atoms with Crippen LogP contribution in [0.15, 0.2) is 21.6 Å². The third kappa shape index (κ3) is 5.68. The van der Waals surface area contributed by atoms with Gasteiger partial charge in [0, 0.05) is 24.4 Å². The summed E-state index contributed by atoms with van der Waals surface area (Å²) in [6.45, 7) is 3.03. The number of furan rings is 1. The number of nitrogens with zero attached hydrogens (tertiary/aromatic N) is 1. The lowest BCUT2D eigenvalue weighted by atomic mass is 10.0. The Morgan fingerprint density at radius 1 is 1.14 bits per heavy atom. The Morgan fingerprint density at radius 2 is 1.90 bits per heavy atom. The summed E-state index contributed by atoms with van der Waals surface area (Å²) in [7, 11) is 0. The number of thioether (sulfide) groups is 1. The van der Waals surface area contributed by atoms with Crippen molar-refractivity contribution >= 4 is 36.6 Å². The highest BCUT2D eigenvalue weighted by Crippen LogP contribution is 2.34. The summed E-state index contributed by atoms with van der Waals surface area (Å²) in [5.41, 5.74) is 5.93. The smallest absolute Gasteiger partial charge is 0.160 e. The molecule has 1 unspecified atom stereocenters. The number of halogens is 2. The zero-order valence-corrected chi connectivity index (χ0v) is 14.8. The molecule has 0 aromatic carbocycles. The molecule has 1 aromatic rings. The molecule has 2 aliphatic rings. The Hall–Kier alpha value is 0.130. The molecule has 0 radical (unpaired) electrons. The van der Waals surface area contributed by atoms with Crippen LogP contribution in [0.5, 0.6) is 0 Å². The van der Waals surface area contributed by atoms with Crippen molar-refractivity contribution in [2.45, 2.75) is 61.5 Å². The van der Waals surface area contributed by atoms with Crippen LogP contribution in [0.4, 0.5) is 0 Å². The normalized spacial score (nSPS) is 23.6. The van der Waals surface area contributed by atoms with E-state index in [4.69, 9.17) is 10.2 Å². The van der Waals surface area contributed by atoms with E-state index in [0.29, 0.717) is 6.04 Å². The van der Waals surface area contributed by atoms with Crippen molar-refractivity contribution in [3.8, 4) is 0 Å². The molecule has 1 saturated carbocycles. The molecule has 3 rings (SSSR count). The molecule has 0 spiro atoms. The van der Waals surface area contributed by atoms with Crippen LogP contribution < -0.4 is 5.73 Å². The Labute approximate surface area is 144 Å². The van der Waals surface area contributed by atoms with Gasteiger partial charge in [0.05, 0.1) is 6.54 Å². The molecule has 1 aliphatic carbocycles. The topological polar surface area (TPSA) is 42.4 Å². The molecular formula is C15H26Cl2N2OS. The molecular weight excluding hydrogens is 327 g/mol. The minimum absolute atomic E-state index is 0. The second-order valence-corrected chi connectivity index (χ2v) is 7.19. The van der Waals surface area contributed by atoms with Crippen LogP contribution in [-0.4, -0.2) is 29.3 Å². The molecule has 3 nitrogen and oxygen atoms in total. The van der Waals surface area contributed by atoms with Gasteiger partial charge in [-0.1, -0.05) is 31.0 Å². The molecule has 21 heavy (non-hydrogen) atoms. The lowest BCUT2D eigenvalue weighted by Gasteiger charge is -2.19. The van der Waals surface area contributed by atoms with Gasteiger partial charge in [-0.25, -0.2) is 0 Å². The average Bonchev–Trinajstić information content (AvgIpc) is 3.01. The van der Waals surface area contributed by atoms with Crippen LogP contribution in [0, 0.1) is 0 Å². The standard InChI is InChI=1S/C15H24N2OS.2ClH/c16-12-8-9-17(10-12)11-13-6-7-15(18-13)19-14-4-2-1-3-5-14;;/h6-7,12,14H,1-5,8-11,16H2;2*1H. The maximum Gasteiger partial charge on any atom is 0.160 e. The second kappa shape index (κ2) is 9.31. The quantitative estimate of drug-likeness (QED) is 0.886. The number of likely N-dealkylation sites (tertiary alicyclic amines) is 1. The zero-order chi connectivity index (χ0) is 13.1. The summed E-state index contributed by atoms with van der Waals surface area (Å²) < 4.78 is 5.96. The third-order valence-electron chi connectivity index (χ3n) is 4.16. The predicted molar refractivity (Wildman–Crippen MR) is 93.8 cm³/mol. The highest BCUT2D eigenvalue weighted by Gasteiger charge is 2.21. The van der Waals surface area contributed by atoms with E-state index in [9.17, 15) is 0 Å². The molecule has 2 N–H and O–H groups in total. The number of nitrogens with two attached hydrogens (primary N) is 1. The minimum Gasteiger partial charge on any atom is -0.454 e. The first kappa shape index (κ1) is 19.2. The van der Waals surface area contributed by atoms with Gasteiger partial charge in [0.25, 0.3) is 0 Å². The SMILES string of the molecule is Cl.Cl.NC1CCN(Cc2ccc(SC3CCCCC3)o2)C1. The number of rotatable bonds is 4. The molecule has 2 heterocycles.